The molecule has 2 rings (SSSR count). The van der Waals surface area contributed by atoms with Crippen LogP contribution in [-0.2, 0) is 27.3 Å². The highest BCUT2D eigenvalue weighted by atomic mass is 16.6. The maximum Gasteiger partial charge on any atom is 0.410 e. The number of hydrogen-bond donors (Lipinski definition) is 0. The Balaban J connectivity index is 1.95. The van der Waals surface area contributed by atoms with E-state index < -0.39 is 17.7 Å². The number of benzene rings is 2. The Hall–Kier alpha value is -2.82. The predicted molar refractivity (Wildman–Crippen MR) is 104 cm³/mol. The summed E-state index contributed by atoms with van der Waals surface area (Å²) in [5, 5.41) is 0. The average molecular weight is 369 g/mol. The van der Waals surface area contributed by atoms with Crippen LogP contribution in [0.2, 0.25) is 0 Å². The Morgan fingerprint density at radius 3 is 2.00 bits per heavy atom. The highest BCUT2D eigenvalue weighted by molar-refractivity contribution is 5.78. The largest absolute Gasteiger partial charge is 0.459 e. The molecule has 0 saturated heterocycles. The van der Waals surface area contributed by atoms with Crippen molar-refractivity contribution >= 4 is 12.1 Å². The highest BCUT2D eigenvalue weighted by Crippen LogP contribution is 2.11. The maximum absolute atomic E-state index is 12.5. The molecule has 144 valence electrons. The third kappa shape index (κ3) is 7.94. The molecular weight excluding hydrogens is 342 g/mol. The normalized spacial score (nSPS) is 10.9. The van der Waals surface area contributed by atoms with E-state index in [0.717, 1.165) is 11.1 Å². The predicted octanol–water partition coefficient (Wildman–Crippen LogP) is 4.21. The molecule has 1 amide bonds. The Morgan fingerprint density at radius 2 is 1.44 bits per heavy atom. The molecule has 0 aliphatic carbocycles. The molecule has 0 bridgehead atoms. The number of carbonyl (C=O) groups is 2. The van der Waals surface area contributed by atoms with Gasteiger partial charge in [0.2, 0.25) is 0 Å². The first-order valence-corrected chi connectivity index (χ1v) is 9.05. The zero-order valence-corrected chi connectivity index (χ0v) is 16.2. The summed E-state index contributed by atoms with van der Waals surface area (Å²) >= 11 is 0. The van der Waals surface area contributed by atoms with Gasteiger partial charge < -0.3 is 9.47 Å². The summed E-state index contributed by atoms with van der Waals surface area (Å²) in [6.45, 7) is 5.81. The van der Waals surface area contributed by atoms with Crippen molar-refractivity contribution in [1.82, 2.24) is 4.90 Å². The van der Waals surface area contributed by atoms with Crippen molar-refractivity contribution in [3.8, 4) is 0 Å². The maximum atomic E-state index is 12.5. The molecule has 27 heavy (non-hydrogen) atoms. The van der Waals surface area contributed by atoms with Crippen LogP contribution in [0, 0.1) is 0 Å². The van der Waals surface area contributed by atoms with Crippen molar-refractivity contribution in [3.05, 3.63) is 71.8 Å². The van der Waals surface area contributed by atoms with Gasteiger partial charge in [0.1, 0.15) is 18.8 Å². The summed E-state index contributed by atoms with van der Waals surface area (Å²) in [5.41, 5.74) is 1.36. The molecule has 0 fully saturated rings. The second-order valence-electron chi connectivity index (χ2n) is 7.28. The van der Waals surface area contributed by atoms with Gasteiger partial charge >= 0.3 is 12.1 Å². The lowest BCUT2D eigenvalue weighted by Gasteiger charge is -2.27. The average Bonchev–Trinajstić information content (AvgIpc) is 2.63. The van der Waals surface area contributed by atoms with Gasteiger partial charge in [-0.3, -0.25) is 9.69 Å². The molecule has 0 N–H and O–H groups in total. The molecule has 0 radical (unpaired) electrons. The van der Waals surface area contributed by atoms with Crippen LogP contribution >= 0.6 is 0 Å². The Bertz CT molecular complexity index is 723. The smallest absolute Gasteiger partial charge is 0.410 e. The van der Waals surface area contributed by atoms with Gasteiger partial charge in [0, 0.05) is 6.54 Å². The second-order valence-corrected chi connectivity index (χ2v) is 7.28. The zero-order valence-electron chi connectivity index (χ0n) is 16.2. The summed E-state index contributed by atoms with van der Waals surface area (Å²) in [5.74, 6) is -0.460. The van der Waals surface area contributed by atoms with E-state index in [0.29, 0.717) is 13.0 Å². The van der Waals surface area contributed by atoms with Crippen molar-refractivity contribution in [2.24, 2.45) is 0 Å². The molecule has 5 nitrogen and oxygen atoms in total. The van der Waals surface area contributed by atoms with Gasteiger partial charge in [-0.25, -0.2) is 4.79 Å². The number of rotatable bonds is 7. The van der Waals surface area contributed by atoms with E-state index in [2.05, 4.69) is 0 Å². The standard InChI is InChI=1S/C22H27NO4/c1-22(2,3)27-21(25)23(15-14-18-10-6-4-7-11-18)16-20(24)26-17-19-12-8-5-9-13-19/h4-13H,14-17H2,1-3H3. The van der Waals surface area contributed by atoms with Gasteiger partial charge in [-0.1, -0.05) is 60.7 Å². The quantitative estimate of drug-likeness (QED) is 0.686. The summed E-state index contributed by atoms with van der Waals surface area (Å²) in [6.07, 6.45) is 0.113. The third-order valence-electron chi connectivity index (χ3n) is 3.73. The molecule has 0 aliphatic heterocycles. The molecule has 0 spiro atoms. The Kier molecular flexibility index (Phi) is 7.41. The monoisotopic (exact) mass is 369 g/mol. The van der Waals surface area contributed by atoms with Gasteiger partial charge in [0.05, 0.1) is 0 Å². The number of hydrogen-bond acceptors (Lipinski definition) is 4. The fourth-order valence-electron chi connectivity index (χ4n) is 2.41. The van der Waals surface area contributed by atoms with Crippen LogP contribution in [-0.4, -0.2) is 35.7 Å². The molecule has 0 heterocycles. The highest BCUT2D eigenvalue weighted by Gasteiger charge is 2.24. The van der Waals surface area contributed by atoms with E-state index in [9.17, 15) is 9.59 Å². The lowest BCUT2D eigenvalue weighted by molar-refractivity contribution is -0.146. The number of esters is 1. The molecule has 0 aliphatic rings. The summed E-state index contributed by atoms with van der Waals surface area (Å²) in [7, 11) is 0. The molecule has 0 atom stereocenters. The van der Waals surface area contributed by atoms with Crippen LogP contribution in [0.3, 0.4) is 0 Å². The number of carbonyl (C=O) groups excluding carboxylic acids is 2. The van der Waals surface area contributed by atoms with Crippen molar-refractivity contribution < 1.29 is 19.1 Å². The van der Waals surface area contributed by atoms with Crippen LogP contribution in [0.15, 0.2) is 60.7 Å². The van der Waals surface area contributed by atoms with Crippen molar-refractivity contribution in [3.63, 3.8) is 0 Å². The first-order valence-electron chi connectivity index (χ1n) is 9.05. The fourth-order valence-corrected chi connectivity index (χ4v) is 2.41. The van der Waals surface area contributed by atoms with Crippen molar-refractivity contribution in [2.45, 2.75) is 39.4 Å². The summed E-state index contributed by atoms with van der Waals surface area (Å²) < 4.78 is 10.7. The van der Waals surface area contributed by atoms with E-state index in [-0.39, 0.29) is 13.2 Å². The van der Waals surface area contributed by atoms with E-state index in [1.54, 1.807) is 20.8 Å². The van der Waals surface area contributed by atoms with Crippen molar-refractivity contribution in [1.29, 1.82) is 0 Å². The minimum atomic E-state index is -0.629. The van der Waals surface area contributed by atoms with E-state index in [4.69, 9.17) is 9.47 Å². The van der Waals surface area contributed by atoms with Crippen LogP contribution in [0.5, 0.6) is 0 Å². The lowest BCUT2D eigenvalue weighted by Crippen LogP contribution is -2.41. The van der Waals surface area contributed by atoms with Gasteiger partial charge in [0.15, 0.2) is 0 Å². The fraction of sp³-hybridized carbons (Fsp3) is 0.364. The number of ether oxygens (including phenoxy) is 2. The first-order chi connectivity index (χ1) is 12.8. The third-order valence-corrected chi connectivity index (χ3v) is 3.73. The zero-order chi connectivity index (χ0) is 19.7. The Labute approximate surface area is 160 Å². The van der Waals surface area contributed by atoms with Gasteiger partial charge in [-0.15, -0.1) is 0 Å². The number of nitrogens with zero attached hydrogens (tertiary/aromatic N) is 1. The van der Waals surface area contributed by atoms with Crippen LogP contribution in [0.1, 0.15) is 31.9 Å². The number of amides is 1. The second kappa shape index (κ2) is 9.76. The molecule has 0 aromatic heterocycles. The summed E-state index contributed by atoms with van der Waals surface area (Å²) in [6, 6.07) is 19.2. The lowest BCUT2D eigenvalue weighted by atomic mass is 10.1. The van der Waals surface area contributed by atoms with Crippen LogP contribution in [0.4, 0.5) is 4.79 Å². The first kappa shape index (κ1) is 20.5. The molecule has 2 aromatic carbocycles. The Morgan fingerprint density at radius 1 is 0.889 bits per heavy atom. The van der Waals surface area contributed by atoms with Crippen molar-refractivity contribution in [2.75, 3.05) is 13.1 Å². The SMILES string of the molecule is CC(C)(C)OC(=O)N(CCc1ccccc1)CC(=O)OCc1ccccc1. The topological polar surface area (TPSA) is 55.8 Å². The van der Waals surface area contributed by atoms with Crippen LogP contribution in [0.25, 0.3) is 0 Å². The molecule has 2 aromatic rings. The van der Waals surface area contributed by atoms with Crippen LogP contribution < -0.4 is 0 Å². The summed E-state index contributed by atoms with van der Waals surface area (Å²) in [4.78, 5) is 26.1. The molecule has 5 heteroatoms. The minimum Gasteiger partial charge on any atom is -0.459 e. The van der Waals surface area contributed by atoms with E-state index in [1.807, 2.05) is 60.7 Å². The van der Waals surface area contributed by atoms with E-state index >= 15 is 0 Å². The molecule has 0 saturated carbocycles. The molecular formula is C22H27NO4. The van der Waals surface area contributed by atoms with E-state index in [1.165, 1.54) is 4.90 Å². The van der Waals surface area contributed by atoms with Gasteiger partial charge in [-0.2, -0.15) is 0 Å². The van der Waals surface area contributed by atoms with Gasteiger partial charge in [0.25, 0.3) is 0 Å². The minimum absolute atomic E-state index is 0.144. The molecule has 0 unspecified atom stereocenters. The van der Waals surface area contributed by atoms with Gasteiger partial charge in [-0.05, 0) is 38.3 Å².